The summed E-state index contributed by atoms with van der Waals surface area (Å²) in [6, 6.07) is 10.7. The van der Waals surface area contributed by atoms with Gasteiger partial charge in [-0.3, -0.25) is 14.6 Å². The molecule has 0 saturated carbocycles. The van der Waals surface area contributed by atoms with Crippen molar-refractivity contribution in [3.63, 3.8) is 0 Å². The highest BCUT2D eigenvalue weighted by Gasteiger charge is 2.33. The van der Waals surface area contributed by atoms with E-state index in [1.807, 2.05) is 18.2 Å². The molecule has 0 spiro atoms. The molecule has 2 fully saturated rings. The summed E-state index contributed by atoms with van der Waals surface area (Å²) in [4.78, 5) is 16.2. The van der Waals surface area contributed by atoms with Gasteiger partial charge in [-0.05, 0) is 37.9 Å². The molecule has 0 aromatic heterocycles. The van der Waals surface area contributed by atoms with Gasteiger partial charge in [-0.2, -0.15) is 0 Å². The molecule has 1 aromatic rings. The molecule has 2 aliphatic heterocycles. The van der Waals surface area contributed by atoms with Crippen LogP contribution in [0.5, 0.6) is 0 Å². The summed E-state index contributed by atoms with van der Waals surface area (Å²) in [5, 5.41) is 9.25. The molecule has 0 bridgehead atoms. The summed E-state index contributed by atoms with van der Waals surface area (Å²) in [6.45, 7) is 4.45. The average molecular weight is 288 g/mol. The van der Waals surface area contributed by atoms with Crippen molar-refractivity contribution < 1.29 is 9.90 Å². The highest BCUT2D eigenvalue weighted by molar-refractivity contribution is 5.68. The lowest BCUT2D eigenvalue weighted by molar-refractivity contribution is -0.138. The fraction of sp³-hybridized carbons (Fsp3) is 0.588. The second-order valence-electron chi connectivity index (χ2n) is 6.20. The number of hydrogen-bond acceptors (Lipinski definition) is 3. The van der Waals surface area contributed by atoms with E-state index in [1.54, 1.807) is 0 Å². The number of aliphatic carboxylic acids is 1. The Hall–Kier alpha value is -1.39. The summed E-state index contributed by atoms with van der Waals surface area (Å²) >= 11 is 0. The van der Waals surface area contributed by atoms with E-state index in [-0.39, 0.29) is 12.5 Å². The molecule has 21 heavy (non-hydrogen) atoms. The highest BCUT2D eigenvalue weighted by atomic mass is 16.4. The van der Waals surface area contributed by atoms with Crippen LogP contribution in [0.15, 0.2) is 30.3 Å². The predicted octanol–water partition coefficient (Wildman–Crippen LogP) is 2.37. The molecule has 114 valence electrons. The van der Waals surface area contributed by atoms with Crippen molar-refractivity contribution in [1.29, 1.82) is 0 Å². The number of likely N-dealkylation sites (tertiary alicyclic amines) is 2. The predicted molar refractivity (Wildman–Crippen MR) is 82.2 cm³/mol. The lowest BCUT2D eigenvalue weighted by atomic mass is 10.0. The van der Waals surface area contributed by atoms with Gasteiger partial charge in [-0.1, -0.05) is 30.3 Å². The van der Waals surface area contributed by atoms with Crippen LogP contribution in [0.4, 0.5) is 0 Å². The van der Waals surface area contributed by atoms with Crippen molar-refractivity contribution >= 4 is 5.97 Å². The Bertz CT molecular complexity index is 471. The van der Waals surface area contributed by atoms with Gasteiger partial charge in [0.05, 0.1) is 6.42 Å². The van der Waals surface area contributed by atoms with Crippen molar-refractivity contribution in [2.45, 2.75) is 37.8 Å². The van der Waals surface area contributed by atoms with E-state index >= 15 is 0 Å². The Morgan fingerprint density at radius 3 is 2.57 bits per heavy atom. The number of carbonyl (C=O) groups is 1. The zero-order valence-electron chi connectivity index (χ0n) is 12.4. The topological polar surface area (TPSA) is 43.8 Å². The van der Waals surface area contributed by atoms with Gasteiger partial charge >= 0.3 is 5.97 Å². The van der Waals surface area contributed by atoms with Crippen LogP contribution in [-0.2, 0) is 4.79 Å². The van der Waals surface area contributed by atoms with Gasteiger partial charge in [-0.25, -0.2) is 0 Å². The molecule has 2 atom stereocenters. The van der Waals surface area contributed by atoms with Crippen LogP contribution in [0.3, 0.4) is 0 Å². The van der Waals surface area contributed by atoms with Crippen LogP contribution in [0.25, 0.3) is 0 Å². The van der Waals surface area contributed by atoms with Crippen LogP contribution >= 0.6 is 0 Å². The third-order valence-corrected chi connectivity index (χ3v) is 4.84. The monoisotopic (exact) mass is 288 g/mol. The third-order valence-electron chi connectivity index (χ3n) is 4.84. The van der Waals surface area contributed by atoms with Crippen LogP contribution in [0.2, 0.25) is 0 Å². The van der Waals surface area contributed by atoms with Crippen molar-refractivity contribution in [2.24, 2.45) is 0 Å². The number of rotatable bonds is 5. The molecule has 2 saturated heterocycles. The maximum Gasteiger partial charge on any atom is 0.305 e. The molecule has 0 radical (unpaired) electrons. The summed E-state index contributed by atoms with van der Waals surface area (Å²) in [6.07, 6.45) is 3.99. The van der Waals surface area contributed by atoms with Crippen molar-refractivity contribution in [1.82, 2.24) is 9.80 Å². The van der Waals surface area contributed by atoms with Gasteiger partial charge in [-0.15, -0.1) is 0 Å². The van der Waals surface area contributed by atoms with Gasteiger partial charge in [0.2, 0.25) is 0 Å². The number of hydrogen-bond donors (Lipinski definition) is 1. The van der Waals surface area contributed by atoms with E-state index in [0.717, 1.165) is 18.7 Å². The van der Waals surface area contributed by atoms with Crippen LogP contribution < -0.4 is 0 Å². The minimum Gasteiger partial charge on any atom is -0.481 e. The fourth-order valence-corrected chi connectivity index (χ4v) is 3.75. The van der Waals surface area contributed by atoms with Crippen molar-refractivity contribution in [2.75, 3.05) is 26.2 Å². The molecular weight excluding hydrogens is 264 g/mol. The zero-order chi connectivity index (χ0) is 14.7. The number of carboxylic acid groups (broad SMARTS) is 1. The molecule has 2 heterocycles. The average Bonchev–Trinajstić information content (AvgIpc) is 3.16. The van der Waals surface area contributed by atoms with E-state index in [0.29, 0.717) is 6.04 Å². The maximum atomic E-state index is 11.2. The molecular formula is C17H24N2O2. The first-order valence-electron chi connectivity index (χ1n) is 7.99. The summed E-state index contributed by atoms with van der Waals surface area (Å²) in [5.74, 6) is -0.714. The minimum absolute atomic E-state index is 0.0105. The van der Waals surface area contributed by atoms with Gasteiger partial charge in [0.25, 0.3) is 0 Å². The van der Waals surface area contributed by atoms with E-state index < -0.39 is 5.97 Å². The number of carboxylic acids is 1. The van der Waals surface area contributed by atoms with Crippen molar-refractivity contribution in [3.05, 3.63) is 35.9 Å². The first-order chi connectivity index (χ1) is 10.2. The van der Waals surface area contributed by atoms with Crippen LogP contribution in [0.1, 0.15) is 37.3 Å². The Morgan fingerprint density at radius 2 is 1.90 bits per heavy atom. The SMILES string of the molecule is O=C(O)CC(c1ccccc1)N1CCC(N2CCCC2)C1. The van der Waals surface area contributed by atoms with E-state index in [2.05, 4.69) is 21.9 Å². The Balaban J connectivity index is 1.70. The molecule has 1 N–H and O–H groups in total. The van der Waals surface area contributed by atoms with E-state index in [9.17, 15) is 9.90 Å². The molecule has 2 aliphatic rings. The standard InChI is InChI=1S/C17H24N2O2/c20-17(21)12-16(14-6-2-1-3-7-14)19-11-8-15(13-19)18-9-4-5-10-18/h1-3,6-7,15-16H,4-5,8-13H2,(H,20,21). The quantitative estimate of drug-likeness (QED) is 0.903. The van der Waals surface area contributed by atoms with Crippen LogP contribution in [0, 0.1) is 0 Å². The zero-order valence-corrected chi connectivity index (χ0v) is 12.4. The van der Waals surface area contributed by atoms with Crippen molar-refractivity contribution in [3.8, 4) is 0 Å². The lowest BCUT2D eigenvalue weighted by Crippen LogP contribution is -2.36. The fourth-order valence-electron chi connectivity index (χ4n) is 3.75. The molecule has 0 amide bonds. The Morgan fingerprint density at radius 1 is 1.19 bits per heavy atom. The number of benzene rings is 1. The number of nitrogens with zero attached hydrogens (tertiary/aromatic N) is 2. The molecule has 2 unspecified atom stereocenters. The molecule has 3 rings (SSSR count). The minimum atomic E-state index is -0.714. The molecule has 4 nitrogen and oxygen atoms in total. The maximum absolute atomic E-state index is 11.2. The first kappa shape index (κ1) is 14.5. The largest absolute Gasteiger partial charge is 0.481 e. The van der Waals surface area contributed by atoms with Gasteiger partial charge in [0, 0.05) is 25.2 Å². The normalized spacial score (nSPS) is 25.2. The first-order valence-corrected chi connectivity index (χ1v) is 7.99. The van der Waals surface area contributed by atoms with Gasteiger partial charge < -0.3 is 5.11 Å². The summed E-state index contributed by atoms with van der Waals surface area (Å²) in [5.41, 5.74) is 1.13. The lowest BCUT2D eigenvalue weighted by Gasteiger charge is -2.29. The molecule has 0 aliphatic carbocycles. The Labute approximate surface area is 126 Å². The van der Waals surface area contributed by atoms with E-state index in [4.69, 9.17) is 0 Å². The third kappa shape index (κ3) is 3.44. The van der Waals surface area contributed by atoms with Gasteiger partial charge in [0.15, 0.2) is 0 Å². The summed E-state index contributed by atoms with van der Waals surface area (Å²) < 4.78 is 0. The summed E-state index contributed by atoms with van der Waals surface area (Å²) in [7, 11) is 0. The highest BCUT2D eigenvalue weighted by Crippen LogP contribution is 2.30. The molecule has 1 aromatic carbocycles. The van der Waals surface area contributed by atoms with E-state index in [1.165, 1.54) is 32.4 Å². The van der Waals surface area contributed by atoms with Crippen LogP contribution in [-0.4, -0.2) is 53.1 Å². The smallest absolute Gasteiger partial charge is 0.305 e. The Kier molecular flexibility index (Phi) is 4.56. The van der Waals surface area contributed by atoms with Gasteiger partial charge in [0.1, 0.15) is 0 Å². The molecule has 4 heteroatoms. The second-order valence-corrected chi connectivity index (χ2v) is 6.20. The second kappa shape index (κ2) is 6.58.